The molecule has 1 N–H and O–H groups in total. The number of hydrogen-bond acceptors (Lipinski definition) is 3. The van der Waals surface area contributed by atoms with Gasteiger partial charge >= 0.3 is 0 Å². The summed E-state index contributed by atoms with van der Waals surface area (Å²) in [5, 5.41) is 8.40. The number of aromatic nitrogens is 2. The minimum atomic E-state index is -0.0205. The molecule has 0 radical (unpaired) electrons. The van der Waals surface area contributed by atoms with Crippen LogP contribution < -0.4 is 5.32 Å². The van der Waals surface area contributed by atoms with Gasteiger partial charge in [-0.25, -0.2) is 4.68 Å². The van der Waals surface area contributed by atoms with Gasteiger partial charge in [0.25, 0.3) is 0 Å². The summed E-state index contributed by atoms with van der Waals surface area (Å²) in [6.07, 6.45) is 0. The highest BCUT2D eigenvalue weighted by Crippen LogP contribution is 2.43. The van der Waals surface area contributed by atoms with Crippen LogP contribution in [-0.4, -0.2) is 21.4 Å². The summed E-state index contributed by atoms with van der Waals surface area (Å²) in [6.45, 7) is 1.98. The van der Waals surface area contributed by atoms with Gasteiger partial charge in [-0.1, -0.05) is 48.0 Å². The molecule has 0 fully saturated rings. The third-order valence-electron chi connectivity index (χ3n) is 4.16. The fraction of sp³-hybridized carbons (Fsp3) is 0.158. The number of thioether (sulfide) groups is 1. The van der Waals surface area contributed by atoms with E-state index in [9.17, 15) is 4.79 Å². The lowest BCUT2D eigenvalue weighted by Gasteiger charge is -2.15. The first-order valence-corrected chi connectivity index (χ1v) is 9.38. The predicted molar refractivity (Wildman–Crippen MR) is 103 cm³/mol. The van der Waals surface area contributed by atoms with E-state index >= 15 is 0 Å². The van der Waals surface area contributed by atoms with E-state index in [0.29, 0.717) is 10.8 Å². The van der Waals surface area contributed by atoms with Crippen molar-refractivity contribution in [3.8, 4) is 5.69 Å². The van der Waals surface area contributed by atoms with E-state index in [2.05, 4.69) is 22.5 Å². The Morgan fingerprint density at radius 1 is 1.20 bits per heavy atom. The highest BCUT2D eigenvalue weighted by Gasteiger charge is 2.30. The lowest BCUT2D eigenvalue weighted by atomic mass is 10.0. The molecular formula is C19H16ClN3OS. The van der Waals surface area contributed by atoms with Gasteiger partial charge in [0.05, 0.1) is 22.4 Å². The number of nitrogens with zero attached hydrogens (tertiary/aromatic N) is 2. The van der Waals surface area contributed by atoms with E-state index in [1.165, 1.54) is 5.56 Å². The Kier molecular flexibility index (Phi) is 4.27. The highest BCUT2D eigenvalue weighted by atomic mass is 35.5. The van der Waals surface area contributed by atoms with Crippen LogP contribution in [0.5, 0.6) is 0 Å². The number of amides is 1. The fourth-order valence-electron chi connectivity index (χ4n) is 3.07. The number of nitrogens with one attached hydrogen (secondary N) is 1. The van der Waals surface area contributed by atoms with Gasteiger partial charge in [0.2, 0.25) is 5.91 Å². The number of rotatable bonds is 2. The van der Waals surface area contributed by atoms with Crippen LogP contribution in [0.25, 0.3) is 5.69 Å². The lowest BCUT2D eigenvalue weighted by Crippen LogP contribution is -2.15. The van der Waals surface area contributed by atoms with Crippen LogP contribution in [0.4, 0.5) is 5.82 Å². The van der Waals surface area contributed by atoms with Crippen molar-refractivity contribution in [2.45, 2.75) is 12.2 Å². The topological polar surface area (TPSA) is 46.9 Å². The summed E-state index contributed by atoms with van der Waals surface area (Å²) in [6, 6.07) is 17.7. The Morgan fingerprint density at radius 2 is 2.00 bits per heavy atom. The molecule has 1 aliphatic heterocycles. The summed E-state index contributed by atoms with van der Waals surface area (Å²) >= 11 is 7.76. The van der Waals surface area contributed by atoms with E-state index in [0.717, 1.165) is 22.8 Å². The average molecular weight is 370 g/mol. The Morgan fingerprint density at radius 3 is 2.76 bits per heavy atom. The smallest absolute Gasteiger partial charge is 0.235 e. The predicted octanol–water partition coefficient (Wildman–Crippen LogP) is 4.61. The molecule has 1 aliphatic rings. The number of carbonyl (C=O) groups excluding carboxylic acids is 1. The largest absolute Gasteiger partial charge is 0.310 e. The first-order valence-electron chi connectivity index (χ1n) is 7.95. The standard InChI is InChI=1S/C19H16ClN3OS/c1-12-17-18(13-6-3-2-4-7-13)25-11-16(24)21-19(17)23(22-12)15-9-5-8-14(20)10-15/h2-10,18H,11H2,1H3,(H,21,24)/t18-/m0/s1. The van der Waals surface area contributed by atoms with Gasteiger partial charge < -0.3 is 5.32 Å². The number of carbonyl (C=O) groups is 1. The van der Waals surface area contributed by atoms with Gasteiger partial charge in [-0.15, -0.1) is 11.8 Å². The molecule has 0 saturated heterocycles. The molecule has 0 aliphatic carbocycles. The second-order valence-electron chi connectivity index (χ2n) is 5.89. The quantitative estimate of drug-likeness (QED) is 0.717. The molecule has 25 heavy (non-hydrogen) atoms. The van der Waals surface area contributed by atoms with Crippen molar-refractivity contribution in [3.05, 3.63) is 76.4 Å². The molecule has 126 valence electrons. The summed E-state index contributed by atoms with van der Waals surface area (Å²) in [5.41, 5.74) is 3.94. The van der Waals surface area contributed by atoms with Crippen LogP contribution >= 0.6 is 23.4 Å². The highest BCUT2D eigenvalue weighted by molar-refractivity contribution is 8.00. The summed E-state index contributed by atoms with van der Waals surface area (Å²) in [7, 11) is 0. The molecule has 0 bridgehead atoms. The minimum Gasteiger partial charge on any atom is -0.310 e. The SMILES string of the molecule is Cc1nn(-c2cccc(Cl)c2)c2c1[C@H](c1ccccc1)SCC(=O)N2. The average Bonchev–Trinajstić information content (AvgIpc) is 2.82. The van der Waals surface area contributed by atoms with E-state index in [-0.39, 0.29) is 11.2 Å². The van der Waals surface area contributed by atoms with Crippen LogP contribution in [0.2, 0.25) is 5.02 Å². The molecule has 0 unspecified atom stereocenters. The maximum atomic E-state index is 12.3. The Labute approximate surface area is 155 Å². The van der Waals surface area contributed by atoms with Crippen LogP contribution in [-0.2, 0) is 4.79 Å². The molecule has 4 nitrogen and oxygen atoms in total. The Balaban J connectivity index is 1.91. The van der Waals surface area contributed by atoms with E-state index in [1.54, 1.807) is 16.4 Å². The zero-order valence-electron chi connectivity index (χ0n) is 13.6. The van der Waals surface area contributed by atoms with Crippen molar-refractivity contribution in [3.63, 3.8) is 0 Å². The summed E-state index contributed by atoms with van der Waals surface area (Å²) in [5.74, 6) is 1.11. The second-order valence-corrected chi connectivity index (χ2v) is 7.42. The molecular weight excluding hydrogens is 354 g/mol. The summed E-state index contributed by atoms with van der Waals surface area (Å²) in [4.78, 5) is 12.3. The molecule has 2 aromatic carbocycles. The number of hydrogen-bond donors (Lipinski definition) is 1. The maximum absolute atomic E-state index is 12.3. The van der Waals surface area contributed by atoms with E-state index in [1.807, 2.05) is 49.4 Å². The molecule has 1 amide bonds. The third kappa shape index (κ3) is 3.05. The van der Waals surface area contributed by atoms with Gasteiger partial charge in [-0.3, -0.25) is 4.79 Å². The first-order chi connectivity index (χ1) is 12.1. The minimum absolute atomic E-state index is 0.0205. The Bertz CT molecular complexity index is 939. The zero-order chi connectivity index (χ0) is 17.4. The van der Waals surface area contributed by atoms with Crippen LogP contribution in [0.15, 0.2) is 54.6 Å². The van der Waals surface area contributed by atoms with Crippen molar-refractivity contribution >= 4 is 35.1 Å². The molecule has 0 saturated carbocycles. The molecule has 4 rings (SSSR count). The van der Waals surface area contributed by atoms with Crippen molar-refractivity contribution in [2.75, 3.05) is 11.1 Å². The number of benzene rings is 2. The van der Waals surface area contributed by atoms with Gasteiger partial charge in [-0.05, 0) is 30.7 Å². The van der Waals surface area contributed by atoms with Gasteiger partial charge in [0, 0.05) is 10.6 Å². The second kappa shape index (κ2) is 6.58. The van der Waals surface area contributed by atoms with Crippen molar-refractivity contribution in [2.24, 2.45) is 0 Å². The number of halogens is 1. The van der Waals surface area contributed by atoms with Gasteiger partial charge in [0.1, 0.15) is 5.82 Å². The maximum Gasteiger partial charge on any atom is 0.235 e. The molecule has 3 aromatic rings. The monoisotopic (exact) mass is 369 g/mol. The van der Waals surface area contributed by atoms with Crippen LogP contribution in [0, 0.1) is 6.92 Å². The third-order valence-corrected chi connectivity index (χ3v) is 5.67. The van der Waals surface area contributed by atoms with Crippen molar-refractivity contribution in [1.29, 1.82) is 0 Å². The van der Waals surface area contributed by atoms with Crippen molar-refractivity contribution in [1.82, 2.24) is 9.78 Å². The van der Waals surface area contributed by atoms with Gasteiger partial charge in [0.15, 0.2) is 0 Å². The van der Waals surface area contributed by atoms with Crippen LogP contribution in [0.1, 0.15) is 22.1 Å². The molecule has 1 aromatic heterocycles. The van der Waals surface area contributed by atoms with Crippen molar-refractivity contribution < 1.29 is 4.79 Å². The zero-order valence-corrected chi connectivity index (χ0v) is 15.1. The molecule has 6 heteroatoms. The molecule has 0 spiro atoms. The number of anilines is 1. The summed E-state index contributed by atoms with van der Waals surface area (Å²) < 4.78 is 1.77. The molecule has 1 atom stereocenters. The van der Waals surface area contributed by atoms with E-state index in [4.69, 9.17) is 11.6 Å². The molecule has 2 heterocycles. The van der Waals surface area contributed by atoms with Gasteiger partial charge in [-0.2, -0.15) is 5.10 Å². The number of aryl methyl sites for hydroxylation is 1. The normalized spacial score (nSPS) is 16.9. The Hall–Kier alpha value is -2.24. The number of fused-ring (bicyclic) bond motifs is 1. The lowest BCUT2D eigenvalue weighted by molar-refractivity contribution is -0.113. The first kappa shape index (κ1) is 16.2. The van der Waals surface area contributed by atoms with Crippen LogP contribution in [0.3, 0.4) is 0 Å². The fourth-order valence-corrected chi connectivity index (χ4v) is 4.44. The van der Waals surface area contributed by atoms with E-state index < -0.39 is 0 Å².